The van der Waals surface area contributed by atoms with Crippen LogP contribution in [0.4, 0.5) is 0 Å². The summed E-state index contributed by atoms with van der Waals surface area (Å²) in [5.74, 6) is 0.123. The van der Waals surface area contributed by atoms with Crippen LogP contribution in [-0.2, 0) is 0 Å². The predicted octanol–water partition coefficient (Wildman–Crippen LogP) is 4.15. The van der Waals surface area contributed by atoms with Crippen LogP contribution >= 0.6 is 0 Å². The fraction of sp³-hybridized carbons (Fsp3) is 0.235. The van der Waals surface area contributed by atoms with Crippen molar-refractivity contribution in [3.8, 4) is 0 Å². The van der Waals surface area contributed by atoms with Crippen molar-refractivity contribution < 1.29 is 4.79 Å². The van der Waals surface area contributed by atoms with Crippen LogP contribution in [-0.4, -0.2) is 5.78 Å². The molecule has 0 atom stereocenters. The van der Waals surface area contributed by atoms with E-state index in [1.54, 1.807) is 0 Å². The van der Waals surface area contributed by atoms with E-state index in [1.165, 1.54) is 0 Å². The molecule has 0 N–H and O–H groups in total. The molecule has 0 heterocycles. The normalized spacial score (nSPS) is 10.4. The summed E-state index contributed by atoms with van der Waals surface area (Å²) >= 11 is 0. The van der Waals surface area contributed by atoms with Gasteiger partial charge in [0.15, 0.2) is 5.78 Å². The van der Waals surface area contributed by atoms with Crippen LogP contribution in [0.2, 0.25) is 0 Å². The highest BCUT2D eigenvalue weighted by Gasteiger charge is 2.14. The van der Waals surface area contributed by atoms with E-state index in [0.717, 1.165) is 33.4 Å². The molecular weight excluding hydrogens is 220 g/mol. The number of ketones is 1. The Bertz CT molecular complexity index is 556. The van der Waals surface area contributed by atoms with E-state index in [1.807, 2.05) is 64.1 Å². The first-order chi connectivity index (χ1) is 8.49. The molecule has 0 bridgehead atoms. The van der Waals surface area contributed by atoms with Gasteiger partial charge in [-0.25, -0.2) is 0 Å². The van der Waals surface area contributed by atoms with Crippen molar-refractivity contribution in [2.75, 3.05) is 0 Å². The van der Waals surface area contributed by atoms with Gasteiger partial charge in [0.1, 0.15) is 0 Å². The Hall–Kier alpha value is -1.89. The number of benzene rings is 2. The van der Waals surface area contributed by atoms with Crippen LogP contribution in [0.5, 0.6) is 0 Å². The lowest BCUT2D eigenvalue weighted by Crippen LogP contribution is -2.06. The summed E-state index contributed by atoms with van der Waals surface area (Å²) in [7, 11) is 0. The molecule has 2 aromatic rings. The average Bonchev–Trinajstić information content (AvgIpc) is 2.34. The Morgan fingerprint density at radius 3 is 1.50 bits per heavy atom. The quantitative estimate of drug-likeness (QED) is 0.718. The highest BCUT2D eigenvalue weighted by Crippen LogP contribution is 2.19. The predicted molar refractivity (Wildman–Crippen MR) is 75.3 cm³/mol. The van der Waals surface area contributed by atoms with Crippen molar-refractivity contribution in [2.24, 2.45) is 0 Å². The van der Waals surface area contributed by atoms with Crippen molar-refractivity contribution in [1.82, 2.24) is 0 Å². The molecule has 1 heteroatoms. The number of rotatable bonds is 2. The van der Waals surface area contributed by atoms with E-state index >= 15 is 0 Å². The second kappa shape index (κ2) is 4.77. The second-order valence-electron chi connectivity index (χ2n) is 4.97. The number of aryl methyl sites for hydroxylation is 4. The fourth-order valence-corrected chi connectivity index (χ4v) is 2.11. The summed E-state index contributed by atoms with van der Waals surface area (Å²) < 4.78 is 0. The zero-order chi connectivity index (χ0) is 13.3. The lowest BCUT2D eigenvalue weighted by molar-refractivity contribution is 0.103. The molecule has 0 saturated heterocycles. The molecule has 92 valence electrons. The Balaban J connectivity index is 2.54. The van der Waals surface area contributed by atoms with Crippen molar-refractivity contribution in [3.05, 3.63) is 69.8 Å². The summed E-state index contributed by atoms with van der Waals surface area (Å²) in [6.45, 7) is 7.99. The Kier molecular flexibility index (Phi) is 3.33. The van der Waals surface area contributed by atoms with E-state index in [2.05, 4.69) is 0 Å². The first kappa shape index (κ1) is 12.6. The molecule has 0 saturated carbocycles. The molecule has 0 aliphatic carbocycles. The van der Waals surface area contributed by atoms with Gasteiger partial charge in [-0.05, 0) is 51.0 Å². The first-order valence-corrected chi connectivity index (χ1v) is 6.18. The third kappa shape index (κ3) is 2.35. The number of carbonyl (C=O) groups excluding carboxylic acids is 1. The van der Waals surface area contributed by atoms with Gasteiger partial charge in [-0.3, -0.25) is 4.79 Å². The minimum atomic E-state index is 0.123. The van der Waals surface area contributed by atoms with Gasteiger partial charge in [-0.15, -0.1) is 0 Å². The molecule has 0 fully saturated rings. The maximum atomic E-state index is 12.6. The van der Waals surface area contributed by atoms with E-state index in [9.17, 15) is 4.79 Å². The van der Waals surface area contributed by atoms with Gasteiger partial charge in [0.25, 0.3) is 0 Å². The zero-order valence-electron chi connectivity index (χ0n) is 11.4. The highest BCUT2D eigenvalue weighted by atomic mass is 16.1. The molecule has 0 unspecified atom stereocenters. The average molecular weight is 238 g/mol. The van der Waals surface area contributed by atoms with E-state index in [-0.39, 0.29) is 5.78 Å². The van der Waals surface area contributed by atoms with Gasteiger partial charge in [0.2, 0.25) is 0 Å². The third-order valence-electron chi connectivity index (χ3n) is 3.28. The van der Waals surface area contributed by atoms with Crippen LogP contribution in [0.25, 0.3) is 0 Å². The summed E-state index contributed by atoms with van der Waals surface area (Å²) in [6.07, 6.45) is 0. The third-order valence-corrected chi connectivity index (χ3v) is 3.28. The molecular formula is C17H18O. The summed E-state index contributed by atoms with van der Waals surface area (Å²) in [5.41, 5.74) is 5.92. The maximum Gasteiger partial charge on any atom is 0.193 e. The van der Waals surface area contributed by atoms with E-state index in [4.69, 9.17) is 0 Å². The summed E-state index contributed by atoms with van der Waals surface area (Å²) in [6, 6.07) is 12.0. The van der Waals surface area contributed by atoms with Crippen LogP contribution in [0.3, 0.4) is 0 Å². The molecule has 2 rings (SSSR count). The Morgan fingerprint density at radius 1 is 0.722 bits per heavy atom. The van der Waals surface area contributed by atoms with Crippen LogP contribution in [0, 0.1) is 27.7 Å². The van der Waals surface area contributed by atoms with Crippen LogP contribution in [0.15, 0.2) is 36.4 Å². The molecule has 0 spiro atoms. The minimum absolute atomic E-state index is 0.123. The van der Waals surface area contributed by atoms with Crippen molar-refractivity contribution in [2.45, 2.75) is 27.7 Å². The van der Waals surface area contributed by atoms with E-state index < -0.39 is 0 Å². The Labute approximate surface area is 108 Å². The number of hydrogen-bond acceptors (Lipinski definition) is 1. The van der Waals surface area contributed by atoms with Gasteiger partial charge in [0, 0.05) is 11.1 Å². The van der Waals surface area contributed by atoms with Gasteiger partial charge in [0.05, 0.1) is 0 Å². The van der Waals surface area contributed by atoms with Gasteiger partial charge >= 0.3 is 0 Å². The van der Waals surface area contributed by atoms with Crippen LogP contribution < -0.4 is 0 Å². The highest BCUT2D eigenvalue weighted by molar-refractivity contribution is 6.10. The number of hydrogen-bond donors (Lipinski definition) is 0. The topological polar surface area (TPSA) is 17.1 Å². The van der Waals surface area contributed by atoms with Gasteiger partial charge < -0.3 is 0 Å². The molecule has 0 amide bonds. The largest absolute Gasteiger partial charge is 0.289 e. The molecule has 0 aliphatic rings. The lowest BCUT2D eigenvalue weighted by atomic mass is 9.94. The Morgan fingerprint density at radius 2 is 1.11 bits per heavy atom. The van der Waals surface area contributed by atoms with Gasteiger partial charge in [-0.1, -0.05) is 35.4 Å². The molecule has 0 radical (unpaired) electrons. The molecule has 0 aliphatic heterocycles. The maximum absolute atomic E-state index is 12.6. The molecule has 18 heavy (non-hydrogen) atoms. The zero-order valence-corrected chi connectivity index (χ0v) is 11.4. The van der Waals surface area contributed by atoms with Crippen molar-refractivity contribution in [1.29, 1.82) is 0 Å². The molecule has 0 aromatic heterocycles. The molecule has 2 aromatic carbocycles. The fourth-order valence-electron chi connectivity index (χ4n) is 2.11. The van der Waals surface area contributed by atoms with Crippen LogP contribution in [0.1, 0.15) is 38.2 Å². The van der Waals surface area contributed by atoms with Gasteiger partial charge in [-0.2, -0.15) is 0 Å². The first-order valence-electron chi connectivity index (χ1n) is 6.18. The van der Waals surface area contributed by atoms with Crippen molar-refractivity contribution >= 4 is 5.78 Å². The second-order valence-corrected chi connectivity index (χ2v) is 4.97. The van der Waals surface area contributed by atoms with Crippen molar-refractivity contribution in [3.63, 3.8) is 0 Å². The number of carbonyl (C=O) groups is 1. The van der Waals surface area contributed by atoms with E-state index in [0.29, 0.717) is 0 Å². The summed E-state index contributed by atoms with van der Waals surface area (Å²) in [4.78, 5) is 12.6. The smallest absolute Gasteiger partial charge is 0.193 e. The minimum Gasteiger partial charge on any atom is -0.289 e. The monoisotopic (exact) mass is 238 g/mol. The standard InChI is InChI=1S/C17H18O/c1-11-5-7-13(3)15(9-11)17(18)16-10-12(2)6-8-14(16)4/h5-10H,1-4H3. The summed E-state index contributed by atoms with van der Waals surface area (Å²) in [5, 5.41) is 0. The lowest BCUT2D eigenvalue weighted by Gasteiger charge is -2.09. The SMILES string of the molecule is Cc1ccc(C)c(C(=O)c2cc(C)ccc2C)c1. The molecule has 1 nitrogen and oxygen atoms in total.